The van der Waals surface area contributed by atoms with Crippen LogP contribution in [0.5, 0.6) is 5.75 Å². The topological polar surface area (TPSA) is 103 Å². The summed E-state index contributed by atoms with van der Waals surface area (Å²) in [6, 6.07) is 12.8. The Kier molecular flexibility index (Phi) is 7.43. The van der Waals surface area contributed by atoms with Gasteiger partial charge in [0.1, 0.15) is 18.2 Å². The lowest BCUT2D eigenvalue weighted by molar-refractivity contribution is -0.150. The molecule has 2 aromatic carbocycles. The maximum absolute atomic E-state index is 13.0. The maximum atomic E-state index is 13.0. The summed E-state index contributed by atoms with van der Waals surface area (Å²) in [5.41, 5.74) is 0.920. The molecule has 2 N–H and O–H groups in total. The maximum Gasteiger partial charge on any atom is 0.347 e. The van der Waals surface area contributed by atoms with Crippen molar-refractivity contribution in [2.75, 3.05) is 13.2 Å². The van der Waals surface area contributed by atoms with Crippen molar-refractivity contribution in [2.45, 2.75) is 26.0 Å². The highest BCUT2D eigenvalue weighted by Crippen LogP contribution is 2.28. The summed E-state index contributed by atoms with van der Waals surface area (Å²) in [6.07, 6.45) is -1.01. The number of hydrogen-bond acceptors (Lipinski definition) is 6. The number of amides is 2. The fraction of sp³-hybridized carbons (Fsp3) is 0.261. The molecule has 0 radical (unpaired) electrons. The average Bonchev–Trinajstić information content (AvgIpc) is 2.79. The summed E-state index contributed by atoms with van der Waals surface area (Å²) >= 11 is 0. The molecule has 0 saturated carbocycles. The third kappa shape index (κ3) is 5.63. The quantitative estimate of drug-likeness (QED) is 0.610. The summed E-state index contributed by atoms with van der Waals surface area (Å²) in [4.78, 5) is 37.3. The zero-order chi connectivity index (χ0) is 23.1. The summed E-state index contributed by atoms with van der Waals surface area (Å²) in [6.45, 7) is 2.90. The standard InChI is InChI=1S/C23H23FN2O6/c1-3-30-22(28)19-18(25-23(29)26-20(19)15-7-5-4-6-8-15)13-31-21(27)14(2)32-17-11-9-16(24)10-12-17/h4-12,14,20H,3,13H2,1-2H3,(H2,25,26,29)/t14-,20-/m1/s1. The fourth-order valence-corrected chi connectivity index (χ4v) is 3.10. The van der Waals surface area contributed by atoms with Crippen molar-refractivity contribution < 1.29 is 33.0 Å². The zero-order valence-electron chi connectivity index (χ0n) is 17.6. The van der Waals surface area contributed by atoms with E-state index in [-0.39, 0.29) is 24.5 Å². The van der Waals surface area contributed by atoms with E-state index in [2.05, 4.69) is 10.6 Å². The molecule has 0 aliphatic carbocycles. The molecule has 0 fully saturated rings. The molecule has 1 aliphatic rings. The SMILES string of the molecule is CCOC(=O)C1=C(COC(=O)[C@@H](C)Oc2ccc(F)cc2)NC(=O)N[C@@H]1c1ccccc1. The molecule has 168 valence electrons. The van der Waals surface area contributed by atoms with E-state index in [0.717, 1.165) is 0 Å². The molecule has 1 aliphatic heterocycles. The Morgan fingerprint density at radius 1 is 1.06 bits per heavy atom. The predicted octanol–water partition coefficient (Wildman–Crippen LogP) is 3.01. The van der Waals surface area contributed by atoms with E-state index in [1.54, 1.807) is 31.2 Å². The van der Waals surface area contributed by atoms with E-state index >= 15 is 0 Å². The summed E-state index contributed by atoms with van der Waals surface area (Å²) < 4.78 is 28.9. The van der Waals surface area contributed by atoms with Crippen LogP contribution in [0.15, 0.2) is 65.9 Å². The minimum atomic E-state index is -1.01. The van der Waals surface area contributed by atoms with Crippen LogP contribution in [0.3, 0.4) is 0 Å². The van der Waals surface area contributed by atoms with Gasteiger partial charge in [-0.25, -0.2) is 18.8 Å². The van der Waals surface area contributed by atoms with Gasteiger partial charge in [-0.3, -0.25) is 0 Å². The minimum absolute atomic E-state index is 0.114. The number of hydrogen-bond donors (Lipinski definition) is 2. The van der Waals surface area contributed by atoms with Crippen LogP contribution >= 0.6 is 0 Å². The van der Waals surface area contributed by atoms with Crippen molar-refractivity contribution in [2.24, 2.45) is 0 Å². The van der Waals surface area contributed by atoms with Crippen LogP contribution in [0, 0.1) is 5.82 Å². The average molecular weight is 442 g/mol. The highest BCUT2D eigenvalue weighted by Gasteiger charge is 2.34. The summed E-state index contributed by atoms with van der Waals surface area (Å²) in [5.74, 6) is -1.51. The molecule has 2 aromatic rings. The molecule has 0 bridgehead atoms. The highest BCUT2D eigenvalue weighted by molar-refractivity contribution is 5.95. The molecule has 0 aromatic heterocycles. The van der Waals surface area contributed by atoms with E-state index in [0.29, 0.717) is 11.3 Å². The first-order chi connectivity index (χ1) is 15.4. The van der Waals surface area contributed by atoms with Crippen LogP contribution in [0.2, 0.25) is 0 Å². The largest absolute Gasteiger partial charge is 0.479 e. The van der Waals surface area contributed by atoms with Gasteiger partial charge in [-0.2, -0.15) is 0 Å². The number of nitrogens with one attached hydrogen (secondary N) is 2. The first kappa shape index (κ1) is 22.8. The van der Waals surface area contributed by atoms with Gasteiger partial charge in [0.15, 0.2) is 6.10 Å². The molecule has 1 heterocycles. The monoisotopic (exact) mass is 442 g/mol. The van der Waals surface area contributed by atoms with Crippen LogP contribution in [0.1, 0.15) is 25.5 Å². The molecule has 0 spiro atoms. The Morgan fingerprint density at radius 3 is 2.41 bits per heavy atom. The van der Waals surface area contributed by atoms with Gasteiger partial charge in [0, 0.05) is 0 Å². The lowest BCUT2D eigenvalue weighted by Gasteiger charge is -2.29. The number of ether oxygens (including phenoxy) is 3. The summed E-state index contributed by atoms with van der Waals surface area (Å²) in [5, 5.41) is 5.22. The van der Waals surface area contributed by atoms with Crippen LogP contribution in [0.4, 0.5) is 9.18 Å². The van der Waals surface area contributed by atoms with Gasteiger partial charge < -0.3 is 24.8 Å². The van der Waals surface area contributed by atoms with Gasteiger partial charge in [-0.1, -0.05) is 30.3 Å². The first-order valence-corrected chi connectivity index (χ1v) is 10.0. The van der Waals surface area contributed by atoms with Crippen molar-refractivity contribution in [3.8, 4) is 5.75 Å². The number of carbonyl (C=O) groups is 3. The number of esters is 2. The van der Waals surface area contributed by atoms with E-state index in [4.69, 9.17) is 14.2 Å². The Labute approximate surface area is 184 Å². The van der Waals surface area contributed by atoms with Crippen molar-refractivity contribution >= 4 is 18.0 Å². The van der Waals surface area contributed by atoms with Crippen LogP contribution in [0.25, 0.3) is 0 Å². The van der Waals surface area contributed by atoms with Crippen molar-refractivity contribution in [1.29, 1.82) is 0 Å². The van der Waals surface area contributed by atoms with Gasteiger partial charge in [-0.15, -0.1) is 0 Å². The Bertz CT molecular complexity index is 1010. The number of rotatable bonds is 8. The van der Waals surface area contributed by atoms with Crippen LogP contribution < -0.4 is 15.4 Å². The first-order valence-electron chi connectivity index (χ1n) is 10.0. The third-order valence-corrected chi connectivity index (χ3v) is 4.60. The van der Waals surface area contributed by atoms with E-state index in [9.17, 15) is 18.8 Å². The summed E-state index contributed by atoms with van der Waals surface area (Å²) in [7, 11) is 0. The van der Waals surface area contributed by atoms with Gasteiger partial charge in [-0.05, 0) is 43.7 Å². The third-order valence-electron chi connectivity index (χ3n) is 4.60. The molecular formula is C23H23FN2O6. The number of benzene rings is 2. The molecule has 8 nitrogen and oxygen atoms in total. The number of urea groups is 1. The second-order valence-electron chi connectivity index (χ2n) is 6.88. The lowest BCUT2D eigenvalue weighted by Crippen LogP contribution is -2.47. The number of carbonyl (C=O) groups excluding carboxylic acids is 3. The Hall–Kier alpha value is -3.88. The second-order valence-corrected chi connectivity index (χ2v) is 6.88. The molecule has 3 rings (SSSR count). The van der Waals surface area contributed by atoms with Gasteiger partial charge in [0.2, 0.25) is 0 Å². The molecule has 9 heteroatoms. The minimum Gasteiger partial charge on any atom is -0.479 e. The lowest BCUT2D eigenvalue weighted by atomic mass is 9.95. The fourth-order valence-electron chi connectivity index (χ4n) is 3.10. The smallest absolute Gasteiger partial charge is 0.347 e. The Morgan fingerprint density at radius 2 is 1.75 bits per heavy atom. The molecule has 0 saturated heterocycles. The predicted molar refractivity (Wildman–Crippen MR) is 112 cm³/mol. The molecule has 0 unspecified atom stereocenters. The normalized spacial score (nSPS) is 16.5. The van der Waals surface area contributed by atoms with Crippen LogP contribution in [-0.4, -0.2) is 37.3 Å². The van der Waals surface area contributed by atoms with E-state index in [1.165, 1.54) is 31.2 Å². The molecule has 2 atom stereocenters. The van der Waals surface area contributed by atoms with E-state index in [1.807, 2.05) is 6.07 Å². The van der Waals surface area contributed by atoms with Gasteiger partial charge in [0.05, 0.1) is 23.9 Å². The number of halogens is 1. The molecule has 2 amide bonds. The van der Waals surface area contributed by atoms with Crippen molar-refractivity contribution in [1.82, 2.24) is 10.6 Å². The van der Waals surface area contributed by atoms with Gasteiger partial charge >= 0.3 is 18.0 Å². The van der Waals surface area contributed by atoms with Crippen molar-refractivity contribution in [3.05, 3.63) is 77.2 Å². The molecule has 32 heavy (non-hydrogen) atoms. The second kappa shape index (κ2) is 10.4. The molecular weight excluding hydrogens is 419 g/mol. The van der Waals surface area contributed by atoms with Crippen molar-refractivity contribution in [3.63, 3.8) is 0 Å². The van der Waals surface area contributed by atoms with Gasteiger partial charge in [0.25, 0.3) is 0 Å². The van der Waals surface area contributed by atoms with E-state index < -0.39 is 35.9 Å². The Balaban J connectivity index is 1.78. The van der Waals surface area contributed by atoms with Crippen LogP contribution in [-0.2, 0) is 19.1 Å². The zero-order valence-corrected chi connectivity index (χ0v) is 17.6. The highest BCUT2D eigenvalue weighted by atomic mass is 19.1.